The molecule has 0 saturated heterocycles. The Morgan fingerprint density at radius 3 is 2.38 bits per heavy atom. The van der Waals surface area contributed by atoms with Gasteiger partial charge in [0.25, 0.3) is 11.3 Å². The summed E-state index contributed by atoms with van der Waals surface area (Å²) in [5.41, 5.74) is 1.59. The van der Waals surface area contributed by atoms with Crippen molar-refractivity contribution >= 4 is 28.0 Å². The molecule has 0 amide bonds. The Balaban J connectivity index is 1.90. The maximum absolute atomic E-state index is 12.0. The van der Waals surface area contributed by atoms with E-state index in [0.29, 0.717) is 16.3 Å². The number of aryl methyl sites for hydroxylation is 1. The lowest BCUT2D eigenvalue weighted by molar-refractivity contribution is -0.0857. The van der Waals surface area contributed by atoms with Gasteiger partial charge in [-0.3, -0.25) is 8.91 Å². The summed E-state index contributed by atoms with van der Waals surface area (Å²) in [4.78, 5) is 5.48. The molecule has 0 aliphatic rings. The van der Waals surface area contributed by atoms with Gasteiger partial charge in [0.05, 0.1) is 11.0 Å². The summed E-state index contributed by atoms with van der Waals surface area (Å²) >= 11 is -3.41. The first-order valence-electron chi connectivity index (χ1n) is 7.23. The van der Waals surface area contributed by atoms with E-state index in [1.165, 1.54) is 0 Å². The molecule has 2 atom stereocenters. The fourth-order valence-corrected chi connectivity index (χ4v) is 3.01. The van der Waals surface area contributed by atoms with Crippen LogP contribution in [0.1, 0.15) is 19.4 Å². The van der Waals surface area contributed by atoms with Crippen LogP contribution in [0.25, 0.3) is 0 Å². The lowest BCUT2D eigenvalue weighted by atomic mass is 10.2. The minimum absolute atomic E-state index is 0.155. The predicted molar refractivity (Wildman–Crippen MR) is 93.7 cm³/mol. The fourth-order valence-electron chi connectivity index (χ4n) is 1.71. The molecule has 0 aliphatic carbocycles. The van der Waals surface area contributed by atoms with Crippen LogP contribution >= 0.6 is 0 Å². The molecular weight excluding hydrogens is 350 g/mol. The van der Waals surface area contributed by atoms with Crippen LogP contribution in [0, 0.1) is 6.92 Å². The predicted octanol–water partition coefficient (Wildman–Crippen LogP) is 3.44. The molecule has 2 aromatic rings. The van der Waals surface area contributed by atoms with Crippen LogP contribution < -0.4 is 9.61 Å². The lowest BCUT2D eigenvalue weighted by Gasteiger charge is -2.09. The summed E-state index contributed by atoms with van der Waals surface area (Å²) in [5, 5.41) is 0. The Hall–Kier alpha value is -1.74. The maximum Gasteiger partial charge on any atom is 0.262 e. The summed E-state index contributed by atoms with van der Waals surface area (Å²) in [6.07, 6.45) is -0.155. The van der Waals surface area contributed by atoms with E-state index in [0.717, 1.165) is 5.56 Å². The first kappa shape index (κ1) is 18.6. The number of rotatable bonds is 8. The van der Waals surface area contributed by atoms with Crippen molar-refractivity contribution in [3.8, 4) is 5.75 Å². The Labute approximate surface area is 146 Å². The van der Waals surface area contributed by atoms with E-state index in [4.69, 9.17) is 13.4 Å². The van der Waals surface area contributed by atoms with Gasteiger partial charge in [-0.25, -0.2) is 8.42 Å². The molecule has 6 nitrogen and oxygen atoms in total. The third-order valence-corrected chi connectivity index (χ3v) is 4.52. The van der Waals surface area contributed by atoms with Gasteiger partial charge in [0.15, 0.2) is 5.75 Å². The molecule has 0 spiro atoms. The van der Waals surface area contributed by atoms with Crippen LogP contribution in [0.5, 0.6) is 5.75 Å². The highest BCUT2D eigenvalue weighted by molar-refractivity contribution is 7.81. The summed E-state index contributed by atoms with van der Waals surface area (Å²) in [6.45, 7) is 5.50. The first-order valence-corrected chi connectivity index (χ1v) is 9.38. The molecule has 0 heterocycles. The monoisotopic (exact) mass is 369 g/mol. The van der Waals surface area contributed by atoms with Crippen LogP contribution in [0.15, 0.2) is 53.4 Å². The molecule has 2 rings (SSSR count). The van der Waals surface area contributed by atoms with Crippen molar-refractivity contribution in [3.63, 3.8) is 0 Å². The van der Waals surface area contributed by atoms with Crippen LogP contribution in [0.4, 0.5) is 5.69 Å². The van der Waals surface area contributed by atoms with Gasteiger partial charge in [0.2, 0.25) is 11.1 Å². The third-order valence-electron chi connectivity index (χ3n) is 2.71. The first-order chi connectivity index (χ1) is 11.4. The second-order valence-corrected chi connectivity index (χ2v) is 7.15. The van der Waals surface area contributed by atoms with E-state index in [1.807, 2.05) is 19.1 Å². The highest BCUT2D eigenvalue weighted by atomic mass is 32.2. The van der Waals surface area contributed by atoms with Crippen molar-refractivity contribution in [2.24, 2.45) is 0 Å². The summed E-state index contributed by atoms with van der Waals surface area (Å²) in [7, 11) is 0. The van der Waals surface area contributed by atoms with Crippen LogP contribution in [0.2, 0.25) is 0 Å². The fraction of sp³-hybridized carbons (Fsp3) is 0.250. The van der Waals surface area contributed by atoms with Crippen molar-refractivity contribution < 1.29 is 21.8 Å². The molecule has 130 valence electrons. The molecular formula is C16H19NO5S2. The largest absolute Gasteiger partial charge is 0.323 e. The zero-order chi connectivity index (χ0) is 17.5. The highest BCUT2D eigenvalue weighted by Gasteiger charge is 2.09. The Kier molecular flexibility index (Phi) is 6.92. The van der Waals surface area contributed by atoms with E-state index >= 15 is 0 Å². The molecule has 2 aromatic carbocycles. The van der Waals surface area contributed by atoms with E-state index in [2.05, 4.69) is 4.72 Å². The molecule has 8 heteroatoms. The average Bonchev–Trinajstić information content (AvgIpc) is 2.52. The molecule has 0 radical (unpaired) electrons. The lowest BCUT2D eigenvalue weighted by Crippen LogP contribution is -2.13. The maximum atomic E-state index is 12.0. The number of nitrogens with one attached hydrogen (secondary N) is 1. The summed E-state index contributed by atoms with van der Waals surface area (Å²) in [5.74, 6) is 0.475. The van der Waals surface area contributed by atoms with Gasteiger partial charge in [-0.15, -0.1) is 0 Å². The quantitative estimate of drug-likeness (QED) is 0.570. The van der Waals surface area contributed by atoms with Gasteiger partial charge in [0, 0.05) is 5.69 Å². The van der Waals surface area contributed by atoms with Gasteiger partial charge >= 0.3 is 0 Å². The number of benzene rings is 2. The Morgan fingerprint density at radius 2 is 1.75 bits per heavy atom. The zero-order valence-corrected chi connectivity index (χ0v) is 15.2. The van der Waals surface area contributed by atoms with Crippen molar-refractivity contribution in [2.75, 3.05) is 4.72 Å². The highest BCUT2D eigenvalue weighted by Crippen LogP contribution is 2.17. The molecule has 24 heavy (non-hydrogen) atoms. The van der Waals surface area contributed by atoms with Crippen molar-refractivity contribution in [1.29, 1.82) is 0 Å². The topological polar surface area (TPSA) is 73.9 Å². The van der Waals surface area contributed by atoms with Gasteiger partial charge in [-0.1, -0.05) is 16.5 Å². The van der Waals surface area contributed by atoms with E-state index in [1.54, 1.807) is 50.2 Å². The van der Waals surface area contributed by atoms with Crippen molar-refractivity contribution in [1.82, 2.24) is 0 Å². The minimum atomic E-state index is -1.78. The van der Waals surface area contributed by atoms with Gasteiger partial charge in [-0.05, 0) is 62.7 Å². The van der Waals surface area contributed by atoms with Gasteiger partial charge < -0.3 is 4.89 Å². The molecule has 1 N–H and O–H groups in total. The third kappa shape index (κ3) is 6.04. The van der Waals surface area contributed by atoms with Crippen LogP contribution in [-0.2, 0) is 30.9 Å². The molecule has 0 bridgehead atoms. The standard InChI is InChI=1S/C16H19NO5S2/c1-12(2)21-24(19)17-14-7-9-16(10-8-14)23(18)22-20-15-6-4-5-13(3)11-15/h4-12,17H,1-3H3. The Bertz CT molecular complexity index is 719. The second-order valence-electron chi connectivity index (χ2n) is 5.21. The average molecular weight is 369 g/mol. The van der Waals surface area contributed by atoms with Gasteiger partial charge in [-0.2, -0.15) is 0 Å². The van der Waals surface area contributed by atoms with Crippen molar-refractivity contribution in [2.45, 2.75) is 31.8 Å². The second kappa shape index (κ2) is 8.93. The van der Waals surface area contributed by atoms with E-state index in [-0.39, 0.29) is 6.10 Å². The zero-order valence-electron chi connectivity index (χ0n) is 13.6. The smallest absolute Gasteiger partial charge is 0.262 e. The van der Waals surface area contributed by atoms with E-state index in [9.17, 15) is 8.42 Å². The Morgan fingerprint density at radius 1 is 1.04 bits per heavy atom. The van der Waals surface area contributed by atoms with E-state index < -0.39 is 22.3 Å². The molecule has 0 fully saturated rings. The molecule has 2 unspecified atom stereocenters. The van der Waals surface area contributed by atoms with Crippen LogP contribution in [0.3, 0.4) is 0 Å². The summed E-state index contributed by atoms with van der Waals surface area (Å²) in [6, 6.07) is 13.7. The number of hydrogen-bond acceptors (Lipinski definition) is 5. The molecule has 0 aromatic heterocycles. The van der Waals surface area contributed by atoms with Crippen LogP contribution in [-0.4, -0.2) is 14.5 Å². The minimum Gasteiger partial charge on any atom is -0.323 e. The SMILES string of the molecule is Cc1cccc(OOS(=O)c2ccc(NS(=O)OC(C)C)cc2)c1. The normalized spacial score (nSPS) is 13.5. The summed E-state index contributed by atoms with van der Waals surface area (Å²) < 4.78 is 36.3. The molecule has 0 aliphatic heterocycles. The number of hydrogen-bond donors (Lipinski definition) is 1. The number of anilines is 1. The van der Waals surface area contributed by atoms with Gasteiger partial charge in [0.1, 0.15) is 0 Å². The molecule has 0 saturated carbocycles. The van der Waals surface area contributed by atoms with Crippen molar-refractivity contribution in [3.05, 3.63) is 54.1 Å².